The van der Waals surface area contributed by atoms with Gasteiger partial charge in [0.2, 0.25) is 5.91 Å². The number of thioether (sulfide) groups is 1. The van der Waals surface area contributed by atoms with Crippen molar-refractivity contribution in [3.05, 3.63) is 65.9 Å². The average molecular weight is 396 g/mol. The van der Waals surface area contributed by atoms with Crippen LogP contribution >= 0.6 is 11.8 Å². The molecule has 0 bridgehead atoms. The number of hydrogen-bond acceptors (Lipinski definition) is 4. The molecule has 1 aromatic heterocycles. The molecule has 0 saturated carbocycles. The minimum absolute atomic E-state index is 0.00379. The minimum atomic E-state index is -0.232. The Balaban J connectivity index is 1.70. The Hall–Kier alpha value is -2.73. The Labute approximate surface area is 169 Å². The molecule has 0 aliphatic heterocycles. The molecule has 3 aromatic rings. The predicted molar refractivity (Wildman–Crippen MR) is 113 cm³/mol. The number of amides is 1. The highest BCUT2D eigenvalue weighted by atomic mass is 32.2. The van der Waals surface area contributed by atoms with Gasteiger partial charge in [-0.1, -0.05) is 49.0 Å². The van der Waals surface area contributed by atoms with E-state index in [0.717, 1.165) is 27.7 Å². The van der Waals surface area contributed by atoms with Crippen molar-refractivity contribution in [3.63, 3.8) is 0 Å². The number of carbonyl (C=O) groups excluding carboxylic acids is 1. The van der Waals surface area contributed by atoms with E-state index in [1.165, 1.54) is 11.8 Å². The van der Waals surface area contributed by atoms with E-state index in [4.69, 9.17) is 0 Å². The Kier molecular flexibility index (Phi) is 6.41. The molecule has 2 aromatic carbocycles. The minimum Gasteiger partial charge on any atom is -0.508 e. The first kappa shape index (κ1) is 20.0. The maximum Gasteiger partial charge on any atom is 0.234 e. The lowest BCUT2D eigenvalue weighted by Crippen LogP contribution is -2.34. The summed E-state index contributed by atoms with van der Waals surface area (Å²) in [4.78, 5) is 20.7. The van der Waals surface area contributed by atoms with Crippen LogP contribution in [-0.4, -0.2) is 26.2 Å². The smallest absolute Gasteiger partial charge is 0.234 e. The second-order valence-corrected chi connectivity index (χ2v) is 7.91. The van der Waals surface area contributed by atoms with Crippen LogP contribution < -0.4 is 5.32 Å². The molecule has 146 valence electrons. The molecule has 1 amide bonds. The van der Waals surface area contributed by atoms with Crippen molar-refractivity contribution in [2.75, 3.05) is 0 Å². The van der Waals surface area contributed by atoms with E-state index in [0.29, 0.717) is 6.42 Å². The van der Waals surface area contributed by atoms with Crippen LogP contribution in [-0.2, 0) is 4.79 Å². The number of carbonyl (C=O) groups is 1. The van der Waals surface area contributed by atoms with Crippen LogP contribution in [0.4, 0.5) is 0 Å². The molecule has 3 rings (SSSR count). The van der Waals surface area contributed by atoms with Gasteiger partial charge in [-0.2, -0.15) is 0 Å². The van der Waals surface area contributed by atoms with Crippen LogP contribution in [0.1, 0.15) is 37.6 Å². The van der Waals surface area contributed by atoms with Gasteiger partial charge in [-0.15, -0.1) is 0 Å². The molecule has 0 saturated heterocycles. The summed E-state index contributed by atoms with van der Waals surface area (Å²) in [6.45, 7) is 5.95. The number of benzene rings is 2. The first-order valence-corrected chi connectivity index (χ1v) is 10.2. The maximum atomic E-state index is 12.8. The van der Waals surface area contributed by atoms with Gasteiger partial charge in [-0.05, 0) is 50.1 Å². The fourth-order valence-electron chi connectivity index (χ4n) is 2.98. The van der Waals surface area contributed by atoms with E-state index < -0.39 is 0 Å². The molecule has 28 heavy (non-hydrogen) atoms. The highest BCUT2D eigenvalue weighted by molar-refractivity contribution is 8.00. The maximum absolute atomic E-state index is 12.8. The van der Waals surface area contributed by atoms with Gasteiger partial charge in [0.1, 0.15) is 5.75 Å². The summed E-state index contributed by atoms with van der Waals surface area (Å²) in [5.41, 5.74) is 3.77. The molecule has 3 N–H and O–H groups in total. The van der Waals surface area contributed by atoms with Crippen LogP contribution in [0.25, 0.3) is 11.3 Å². The fraction of sp³-hybridized carbons (Fsp3) is 0.273. The molecule has 0 spiro atoms. The van der Waals surface area contributed by atoms with Gasteiger partial charge >= 0.3 is 0 Å². The van der Waals surface area contributed by atoms with Crippen molar-refractivity contribution in [2.45, 2.75) is 43.6 Å². The fourth-order valence-corrected chi connectivity index (χ4v) is 3.94. The molecular weight excluding hydrogens is 370 g/mol. The molecule has 2 atom stereocenters. The van der Waals surface area contributed by atoms with Crippen molar-refractivity contribution in [1.82, 2.24) is 15.3 Å². The van der Waals surface area contributed by atoms with E-state index in [-0.39, 0.29) is 22.9 Å². The third-order valence-electron chi connectivity index (χ3n) is 4.58. The van der Waals surface area contributed by atoms with Crippen LogP contribution in [0.2, 0.25) is 0 Å². The van der Waals surface area contributed by atoms with E-state index >= 15 is 0 Å². The molecule has 2 unspecified atom stereocenters. The summed E-state index contributed by atoms with van der Waals surface area (Å²) < 4.78 is 0. The summed E-state index contributed by atoms with van der Waals surface area (Å²) in [6, 6.07) is 16.8. The van der Waals surface area contributed by atoms with E-state index in [1.54, 1.807) is 12.1 Å². The van der Waals surface area contributed by atoms with Gasteiger partial charge in [0.25, 0.3) is 0 Å². The molecule has 0 aliphatic rings. The number of rotatable bonds is 7. The Morgan fingerprint density at radius 2 is 1.86 bits per heavy atom. The zero-order valence-corrected chi connectivity index (χ0v) is 17.1. The van der Waals surface area contributed by atoms with E-state index in [1.807, 2.05) is 63.2 Å². The number of phenols is 1. The number of imidazole rings is 1. The number of nitrogens with zero attached hydrogens (tertiary/aromatic N) is 1. The Morgan fingerprint density at radius 3 is 2.50 bits per heavy atom. The molecule has 5 nitrogen and oxygen atoms in total. The molecule has 1 heterocycles. The van der Waals surface area contributed by atoms with Crippen LogP contribution in [0.3, 0.4) is 0 Å². The number of aromatic nitrogens is 2. The Morgan fingerprint density at radius 1 is 1.18 bits per heavy atom. The molecule has 6 heteroatoms. The summed E-state index contributed by atoms with van der Waals surface area (Å²) in [6.07, 6.45) is 0.701. The Bertz CT molecular complexity index is 923. The lowest BCUT2D eigenvalue weighted by molar-refractivity contribution is -0.121. The zero-order chi connectivity index (χ0) is 20.1. The van der Waals surface area contributed by atoms with Gasteiger partial charge in [-0.3, -0.25) is 4.79 Å². The predicted octanol–water partition coefficient (Wildman–Crippen LogP) is 4.84. The second kappa shape index (κ2) is 8.97. The van der Waals surface area contributed by atoms with Crippen molar-refractivity contribution >= 4 is 17.7 Å². The van der Waals surface area contributed by atoms with Crippen molar-refractivity contribution in [3.8, 4) is 17.0 Å². The SMILES string of the molecule is CCC(Sc1nc(-c2ccc(O)cc2)c(C)[nH]1)C(=O)NC(C)c1ccccc1. The average Bonchev–Trinajstić information content (AvgIpc) is 3.07. The summed E-state index contributed by atoms with van der Waals surface area (Å²) in [7, 11) is 0. The number of H-pyrrole nitrogens is 1. The number of aryl methyl sites for hydroxylation is 1. The molecule has 0 radical (unpaired) electrons. The monoisotopic (exact) mass is 395 g/mol. The number of aromatic hydroxyl groups is 1. The highest BCUT2D eigenvalue weighted by Crippen LogP contribution is 2.29. The largest absolute Gasteiger partial charge is 0.508 e. The third kappa shape index (κ3) is 4.75. The standard InChI is InChI=1S/C22H25N3O2S/c1-4-19(21(27)23-14(2)16-8-6-5-7-9-16)28-22-24-15(3)20(25-22)17-10-12-18(26)13-11-17/h5-14,19,26H,4H2,1-3H3,(H,23,27)(H,24,25). The van der Waals surface area contributed by atoms with Crippen molar-refractivity contribution in [2.24, 2.45) is 0 Å². The molecular formula is C22H25N3O2S. The third-order valence-corrected chi connectivity index (χ3v) is 5.83. The lowest BCUT2D eigenvalue weighted by atomic mass is 10.1. The van der Waals surface area contributed by atoms with E-state index in [2.05, 4.69) is 15.3 Å². The number of nitrogens with one attached hydrogen (secondary N) is 2. The van der Waals surface area contributed by atoms with Crippen molar-refractivity contribution in [1.29, 1.82) is 0 Å². The summed E-state index contributed by atoms with van der Waals surface area (Å²) in [5, 5.41) is 13.1. The number of phenolic OH excluding ortho intramolecular Hbond substituents is 1. The van der Waals surface area contributed by atoms with Gasteiger partial charge in [0.05, 0.1) is 17.0 Å². The first-order chi connectivity index (χ1) is 13.5. The highest BCUT2D eigenvalue weighted by Gasteiger charge is 2.22. The van der Waals surface area contributed by atoms with Crippen LogP contribution in [0, 0.1) is 6.92 Å². The molecule has 0 aliphatic carbocycles. The topological polar surface area (TPSA) is 78.0 Å². The lowest BCUT2D eigenvalue weighted by Gasteiger charge is -2.18. The van der Waals surface area contributed by atoms with Gasteiger partial charge in [-0.25, -0.2) is 4.98 Å². The van der Waals surface area contributed by atoms with Gasteiger partial charge in [0, 0.05) is 11.3 Å². The van der Waals surface area contributed by atoms with E-state index in [9.17, 15) is 9.90 Å². The van der Waals surface area contributed by atoms with Crippen molar-refractivity contribution < 1.29 is 9.90 Å². The van der Waals surface area contributed by atoms with Crippen LogP contribution in [0.15, 0.2) is 59.8 Å². The molecule has 0 fully saturated rings. The quantitative estimate of drug-likeness (QED) is 0.500. The van der Waals surface area contributed by atoms with Crippen LogP contribution in [0.5, 0.6) is 5.75 Å². The number of aromatic amines is 1. The second-order valence-electron chi connectivity index (χ2n) is 6.72. The number of hydrogen-bond donors (Lipinski definition) is 3. The normalized spacial score (nSPS) is 13.1. The first-order valence-electron chi connectivity index (χ1n) is 9.36. The zero-order valence-electron chi connectivity index (χ0n) is 16.3. The van der Waals surface area contributed by atoms with Gasteiger partial charge in [0.15, 0.2) is 5.16 Å². The summed E-state index contributed by atoms with van der Waals surface area (Å²) >= 11 is 1.44. The summed E-state index contributed by atoms with van der Waals surface area (Å²) in [5.74, 6) is 0.228. The van der Waals surface area contributed by atoms with Gasteiger partial charge < -0.3 is 15.4 Å².